The van der Waals surface area contributed by atoms with Crippen LogP contribution >= 0.6 is 0 Å². The van der Waals surface area contributed by atoms with Gasteiger partial charge in [0, 0.05) is 38.3 Å². The summed E-state index contributed by atoms with van der Waals surface area (Å²) in [5, 5.41) is 0. The fourth-order valence-corrected chi connectivity index (χ4v) is 2.45. The molecule has 0 aromatic carbocycles. The average Bonchev–Trinajstić information content (AvgIpc) is 2.90. The highest BCUT2D eigenvalue weighted by atomic mass is 16.6. The highest BCUT2D eigenvalue weighted by molar-refractivity contribution is 5.68. The van der Waals surface area contributed by atoms with Crippen LogP contribution in [0.5, 0.6) is 0 Å². The van der Waals surface area contributed by atoms with Crippen LogP contribution in [0.4, 0.5) is 4.79 Å². The van der Waals surface area contributed by atoms with Gasteiger partial charge in [-0.05, 0) is 24.8 Å². The van der Waals surface area contributed by atoms with E-state index in [4.69, 9.17) is 4.74 Å². The van der Waals surface area contributed by atoms with Gasteiger partial charge in [0.15, 0.2) is 0 Å². The summed E-state index contributed by atoms with van der Waals surface area (Å²) < 4.78 is 5.25. The zero-order valence-electron chi connectivity index (χ0n) is 11.5. The van der Waals surface area contributed by atoms with E-state index in [-0.39, 0.29) is 6.09 Å². The van der Waals surface area contributed by atoms with Gasteiger partial charge in [0.05, 0.1) is 6.61 Å². The predicted octanol–water partition coefficient (Wildman–Crippen LogP) is 2.46. The number of hydrogen-bond acceptors (Lipinski definition) is 3. The molecule has 0 spiro atoms. The largest absolute Gasteiger partial charge is 0.449 e. The van der Waals surface area contributed by atoms with Gasteiger partial charge in [-0.1, -0.05) is 13.8 Å². The molecular weight excluding hydrogens is 228 g/mol. The third-order valence-electron chi connectivity index (χ3n) is 3.50. The third kappa shape index (κ3) is 3.40. The van der Waals surface area contributed by atoms with Crippen molar-refractivity contribution in [1.82, 2.24) is 9.80 Å². The first-order chi connectivity index (χ1) is 8.66. The molecule has 1 amide bonds. The molecule has 4 heteroatoms. The minimum Gasteiger partial charge on any atom is -0.449 e. The van der Waals surface area contributed by atoms with Crippen molar-refractivity contribution >= 4 is 6.09 Å². The minimum absolute atomic E-state index is 0.166. The van der Waals surface area contributed by atoms with Gasteiger partial charge in [0.2, 0.25) is 0 Å². The highest BCUT2D eigenvalue weighted by Crippen LogP contribution is 2.20. The lowest BCUT2D eigenvalue weighted by Crippen LogP contribution is -2.38. The summed E-state index contributed by atoms with van der Waals surface area (Å²) in [6, 6.07) is 0. The number of rotatable bonds is 3. The third-order valence-corrected chi connectivity index (χ3v) is 3.50. The second-order valence-corrected chi connectivity index (χ2v) is 5.56. The van der Waals surface area contributed by atoms with Crippen molar-refractivity contribution in [2.45, 2.75) is 33.1 Å². The average molecular weight is 252 g/mol. The summed E-state index contributed by atoms with van der Waals surface area (Å²) in [7, 11) is 0. The molecule has 2 heterocycles. The van der Waals surface area contributed by atoms with E-state index in [9.17, 15) is 4.79 Å². The molecule has 0 unspecified atom stereocenters. The molecule has 0 aliphatic carbocycles. The number of carbonyl (C=O) groups is 1. The standard InChI is InChI=1S/C14H24N2O2/c1-12(2)11-18-14(17)16-9-5-13(6-10-16)15-7-3-4-8-15/h5,12H,3-4,6-11H2,1-2H3. The quantitative estimate of drug-likeness (QED) is 0.773. The molecular formula is C14H24N2O2. The summed E-state index contributed by atoms with van der Waals surface area (Å²) in [4.78, 5) is 16.0. The molecule has 0 saturated carbocycles. The Labute approximate surface area is 110 Å². The lowest BCUT2D eigenvalue weighted by Gasteiger charge is -2.30. The van der Waals surface area contributed by atoms with E-state index in [0.717, 1.165) is 13.0 Å². The van der Waals surface area contributed by atoms with Crippen LogP contribution in [-0.4, -0.2) is 48.7 Å². The van der Waals surface area contributed by atoms with Crippen molar-refractivity contribution in [2.75, 3.05) is 32.8 Å². The van der Waals surface area contributed by atoms with Gasteiger partial charge in [0.25, 0.3) is 0 Å². The van der Waals surface area contributed by atoms with Gasteiger partial charge >= 0.3 is 6.09 Å². The molecule has 18 heavy (non-hydrogen) atoms. The van der Waals surface area contributed by atoms with Crippen LogP contribution in [0.15, 0.2) is 11.8 Å². The van der Waals surface area contributed by atoms with E-state index in [1.807, 2.05) is 0 Å². The number of ether oxygens (including phenoxy) is 1. The summed E-state index contributed by atoms with van der Waals surface area (Å²) >= 11 is 0. The number of amides is 1. The molecule has 1 saturated heterocycles. The molecule has 0 radical (unpaired) electrons. The second kappa shape index (κ2) is 6.12. The molecule has 0 aromatic heterocycles. The van der Waals surface area contributed by atoms with Crippen LogP contribution in [0.25, 0.3) is 0 Å². The summed E-state index contributed by atoms with van der Waals surface area (Å²) in [6.07, 6.45) is 5.59. The van der Waals surface area contributed by atoms with Gasteiger partial charge in [0.1, 0.15) is 0 Å². The molecule has 0 bridgehead atoms. The molecule has 2 aliphatic rings. The zero-order chi connectivity index (χ0) is 13.0. The van der Waals surface area contributed by atoms with E-state index in [1.54, 1.807) is 4.90 Å². The molecule has 102 valence electrons. The van der Waals surface area contributed by atoms with E-state index >= 15 is 0 Å². The summed E-state index contributed by atoms with van der Waals surface area (Å²) in [5.74, 6) is 0.398. The number of carbonyl (C=O) groups excluding carboxylic acids is 1. The van der Waals surface area contributed by atoms with Crippen molar-refractivity contribution in [3.8, 4) is 0 Å². The normalized spacial score (nSPS) is 20.3. The summed E-state index contributed by atoms with van der Waals surface area (Å²) in [5.41, 5.74) is 1.42. The number of hydrogen-bond donors (Lipinski definition) is 0. The van der Waals surface area contributed by atoms with Gasteiger partial charge in [-0.15, -0.1) is 0 Å². The van der Waals surface area contributed by atoms with Crippen molar-refractivity contribution in [3.63, 3.8) is 0 Å². The minimum atomic E-state index is -0.166. The zero-order valence-corrected chi connectivity index (χ0v) is 11.5. The Morgan fingerprint density at radius 3 is 2.61 bits per heavy atom. The van der Waals surface area contributed by atoms with Crippen molar-refractivity contribution in [3.05, 3.63) is 11.8 Å². The fourth-order valence-electron chi connectivity index (χ4n) is 2.45. The van der Waals surface area contributed by atoms with Crippen molar-refractivity contribution < 1.29 is 9.53 Å². The maximum Gasteiger partial charge on any atom is 0.410 e. The first-order valence-electron chi connectivity index (χ1n) is 7.02. The Kier molecular flexibility index (Phi) is 4.50. The molecule has 1 fully saturated rings. The van der Waals surface area contributed by atoms with E-state index in [0.29, 0.717) is 19.1 Å². The molecule has 0 atom stereocenters. The second-order valence-electron chi connectivity index (χ2n) is 5.56. The Bertz CT molecular complexity index is 320. The van der Waals surface area contributed by atoms with E-state index < -0.39 is 0 Å². The number of nitrogens with zero attached hydrogens (tertiary/aromatic N) is 2. The lowest BCUT2D eigenvalue weighted by atomic mass is 10.2. The maximum absolute atomic E-state index is 11.8. The van der Waals surface area contributed by atoms with Crippen LogP contribution in [0.2, 0.25) is 0 Å². The maximum atomic E-state index is 11.8. The Morgan fingerprint density at radius 2 is 2.06 bits per heavy atom. The molecule has 4 nitrogen and oxygen atoms in total. The molecule has 2 rings (SSSR count). The van der Waals surface area contributed by atoms with Crippen LogP contribution in [0, 0.1) is 5.92 Å². The Hall–Kier alpha value is -1.19. The van der Waals surface area contributed by atoms with Crippen LogP contribution in [0.1, 0.15) is 33.1 Å². The predicted molar refractivity (Wildman–Crippen MR) is 71.3 cm³/mol. The summed E-state index contributed by atoms with van der Waals surface area (Å²) in [6.45, 7) is 8.47. The van der Waals surface area contributed by atoms with Crippen LogP contribution in [0.3, 0.4) is 0 Å². The molecule has 0 N–H and O–H groups in total. The van der Waals surface area contributed by atoms with Gasteiger partial charge < -0.3 is 14.5 Å². The van der Waals surface area contributed by atoms with Crippen molar-refractivity contribution in [2.24, 2.45) is 5.92 Å². The first kappa shape index (κ1) is 13.2. The molecule has 2 aliphatic heterocycles. The van der Waals surface area contributed by atoms with Gasteiger partial charge in [-0.3, -0.25) is 0 Å². The Morgan fingerprint density at radius 1 is 1.33 bits per heavy atom. The topological polar surface area (TPSA) is 32.8 Å². The fraction of sp³-hybridized carbons (Fsp3) is 0.786. The molecule has 0 aromatic rings. The highest BCUT2D eigenvalue weighted by Gasteiger charge is 2.22. The van der Waals surface area contributed by atoms with E-state index in [2.05, 4.69) is 24.8 Å². The van der Waals surface area contributed by atoms with Gasteiger partial charge in [-0.2, -0.15) is 0 Å². The first-order valence-corrected chi connectivity index (χ1v) is 7.02. The van der Waals surface area contributed by atoms with Crippen LogP contribution in [-0.2, 0) is 4.74 Å². The smallest absolute Gasteiger partial charge is 0.410 e. The Balaban J connectivity index is 1.79. The van der Waals surface area contributed by atoms with E-state index in [1.165, 1.54) is 31.6 Å². The van der Waals surface area contributed by atoms with Crippen LogP contribution < -0.4 is 0 Å². The number of likely N-dealkylation sites (tertiary alicyclic amines) is 1. The lowest BCUT2D eigenvalue weighted by molar-refractivity contribution is 0.0934. The van der Waals surface area contributed by atoms with Gasteiger partial charge in [-0.25, -0.2) is 4.79 Å². The van der Waals surface area contributed by atoms with Crippen molar-refractivity contribution in [1.29, 1.82) is 0 Å². The SMILES string of the molecule is CC(C)COC(=O)N1CC=C(N2CCCC2)CC1. The monoisotopic (exact) mass is 252 g/mol.